The van der Waals surface area contributed by atoms with Gasteiger partial charge in [0.15, 0.2) is 0 Å². The third-order valence-electron chi connectivity index (χ3n) is 7.72. The van der Waals surface area contributed by atoms with Crippen LogP contribution in [0.2, 0.25) is 0 Å². The summed E-state index contributed by atoms with van der Waals surface area (Å²) < 4.78 is 7.40. The van der Waals surface area contributed by atoms with Crippen LogP contribution >= 0.6 is 0 Å². The summed E-state index contributed by atoms with van der Waals surface area (Å²) in [6, 6.07) is 7.72. The Hall–Kier alpha value is -2.12. The van der Waals surface area contributed by atoms with Gasteiger partial charge in [-0.15, -0.1) is 5.10 Å². The number of nitrogens with one attached hydrogen (secondary N) is 1. The van der Waals surface area contributed by atoms with E-state index in [0.717, 1.165) is 42.7 Å². The SMILES string of the molecule is O=c1[nH]c([C@H]2CCCN(CC3CCCCC3)C2)nn1-c1ccc(OCCN2CCCC2)cc1. The van der Waals surface area contributed by atoms with Gasteiger partial charge >= 0.3 is 5.69 Å². The van der Waals surface area contributed by atoms with Gasteiger partial charge in [-0.2, -0.15) is 4.68 Å². The second-order valence-corrected chi connectivity index (χ2v) is 10.2. The van der Waals surface area contributed by atoms with Crippen LogP contribution in [-0.4, -0.2) is 70.4 Å². The summed E-state index contributed by atoms with van der Waals surface area (Å²) in [5, 5.41) is 4.70. The molecule has 2 saturated heterocycles. The lowest BCUT2D eigenvalue weighted by Gasteiger charge is -2.35. The summed E-state index contributed by atoms with van der Waals surface area (Å²) in [6.45, 7) is 7.44. The van der Waals surface area contributed by atoms with E-state index in [4.69, 9.17) is 9.84 Å². The number of H-pyrrole nitrogens is 1. The highest BCUT2D eigenvalue weighted by atomic mass is 16.5. The van der Waals surface area contributed by atoms with E-state index in [9.17, 15) is 4.79 Å². The Labute approximate surface area is 197 Å². The number of hydrogen-bond donors (Lipinski definition) is 1. The van der Waals surface area contributed by atoms with E-state index in [0.29, 0.717) is 12.5 Å². The average Bonchev–Trinajstić information content (AvgIpc) is 3.50. The molecule has 1 saturated carbocycles. The Balaban J connectivity index is 1.17. The third-order valence-corrected chi connectivity index (χ3v) is 7.72. The van der Waals surface area contributed by atoms with E-state index in [2.05, 4.69) is 14.8 Å². The number of aromatic amines is 1. The zero-order valence-corrected chi connectivity index (χ0v) is 19.9. The normalized spacial score (nSPS) is 23.2. The fourth-order valence-electron chi connectivity index (χ4n) is 5.86. The van der Waals surface area contributed by atoms with Gasteiger partial charge in [0, 0.05) is 25.6 Å². The third kappa shape index (κ3) is 5.87. The second kappa shape index (κ2) is 10.9. The molecule has 0 spiro atoms. The lowest BCUT2D eigenvalue weighted by molar-refractivity contribution is 0.158. The topological polar surface area (TPSA) is 66.4 Å². The van der Waals surface area contributed by atoms with Crippen LogP contribution in [0.1, 0.15) is 69.5 Å². The van der Waals surface area contributed by atoms with Crippen LogP contribution in [0.5, 0.6) is 5.75 Å². The van der Waals surface area contributed by atoms with E-state index in [1.807, 2.05) is 24.3 Å². The highest BCUT2D eigenvalue weighted by Gasteiger charge is 2.27. The monoisotopic (exact) mass is 453 g/mol. The number of piperidine rings is 1. The molecule has 1 N–H and O–H groups in total. The molecular formula is C26H39N5O2. The number of hydrogen-bond acceptors (Lipinski definition) is 5. The van der Waals surface area contributed by atoms with E-state index in [1.165, 1.54) is 82.2 Å². The summed E-state index contributed by atoms with van der Waals surface area (Å²) in [5.74, 6) is 2.83. The maximum Gasteiger partial charge on any atom is 0.348 e. The van der Waals surface area contributed by atoms with Crippen LogP contribution in [0.15, 0.2) is 29.1 Å². The smallest absolute Gasteiger partial charge is 0.348 e. The van der Waals surface area contributed by atoms with Crippen LogP contribution in [0.25, 0.3) is 5.69 Å². The predicted molar refractivity (Wildman–Crippen MR) is 130 cm³/mol. The van der Waals surface area contributed by atoms with Crippen LogP contribution in [0, 0.1) is 5.92 Å². The van der Waals surface area contributed by atoms with Gasteiger partial charge in [-0.3, -0.25) is 9.88 Å². The molecule has 0 unspecified atom stereocenters. The maximum absolute atomic E-state index is 12.7. The van der Waals surface area contributed by atoms with Gasteiger partial charge in [0.2, 0.25) is 0 Å². The zero-order chi connectivity index (χ0) is 22.5. The summed E-state index contributed by atoms with van der Waals surface area (Å²) in [7, 11) is 0. The fourth-order valence-corrected chi connectivity index (χ4v) is 5.86. The Morgan fingerprint density at radius 1 is 0.909 bits per heavy atom. The van der Waals surface area contributed by atoms with Gasteiger partial charge < -0.3 is 9.64 Å². The van der Waals surface area contributed by atoms with Crippen LogP contribution < -0.4 is 10.4 Å². The van der Waals surface area contributed by atoms with Crippen LogP contribution in [-0.2, 0) is 0 Å². The van der Waals surface area contributed by atoms with Crippen molar-refractivity contribution in [3.05, 3.63) is 40.6 Å². The largest absolute Gasteiger partial charge is 0.492 e. The summed E-state index contributed by atoms with van der Waals surface area (Å²) in [6.07, 6.45) is 11.8. The Morgan fingerprint density at radius 3 is 2.45 bits per heavy atom. The minimum Gasteiger partial charge on any atom is -0.492 e. The Kier molecular flexibility index (Phi) is 7.47. The standard InChI is InChI=1S/C26H39N5O2/c32-26-27-25(22-9-6-16-30(20-22)19-21-7-2-1-3-8-21)28-31(26)23-10-12-24(13-11-23)33-18-17-29-14-4-5-15-29/h10-13,21-22H,1-9,14-20H2,(H,27,28,32)/t22-/m0/s1. The van der Waals surface area contributed by atoms with E-state index in [1.54, 1.807) is 0 Å². The molecule has 0 radical (unpaired) electrons. The van der Waals surface area contributed by atoms with Gasteiger partial charge in [-0.05, 0) is 88.3 Å². The molecule has 5 rings (SSSR count). The Bertz CT molecular complexity index is 925. The number of ether oxygens (including phenoxy) is 1. The molecule has 3 fully saturated rings. The van der Waals surface area contributed by atoms with Crippen molar-refractivity contribution in [3.63, 3.8) is 0 Å². The van der Waals surface area contributed by atoms with Crippen LogP contribution in [0.3, 0.4) is 0 Å². The molecule has 2 aromatic rings. The van der Waals surface area contributed by atoms with Crippen molar-refractivity contribution < 1.29 is 4.74 Å². The van der Waals surface area contributed by atoms with Crippen molar-refractivity contribution in [2.24, 2.45) is 5.92 Å². The maximum atomic E-state index is 12.7. The molecule has 0 bridgehead atoms. The molecule has 1 aromatic heterocycles. The average molecular weight is 454 g/mol. The lowest BCUT2D eigenvalue weighted by atomic mass is 9.88. The second-order valence-electron chi connectivity index (χ2n) is 10.2. The van der Waals surface area contributed by atoms with E-state index in [-0.39, 0.29) is 5.69 Å². The molecule has 0 amide bonds. The van der Waals surface area contributed by atoms with Gasteiger partial charge in [0.25, 0.3) is 0 Å². The first-order chi connectivity index (χ1) is 16.2. The van der Waals surface area contributed by atoms with Crippen LogP contribution in [0.4, 0.5) is 0 Å². The zero-order valence-electron chi connectivity index (χ0n) is 19.9. The minimum atomic E-state index is -0.155. The quantitative estimate of drug-likeness (QED) is 0.659. The van der Waals surface area contributed by atoms with Crippen molar-refractivity contribution in [3.8, 4) is 11.4 Å². The molecule has 2 aliphatic heterocycles. The molecule has 3 heterocycles. The summed E-state index contributed by atoms with van der Waals surface area (Å²) >= 11 is 0. The first kappa shape index (κ1) is 22.7. The molecule has 1 aliphatic carbocycles. The van der Waals surface area contributed by atoms with Gasteiger partial charge in [-0.25, -0.2) is 4.79 Å². The number of aromatic nitrogens is 3. The summed E-state index contributed by atoms with van der Waals surface area (Å²) in [4.78, 5) is 20.8. The number of rotatable bonds is 8. The first-order valence-corrected chi connectivity index (χ1v) is 13.1. The number of benzene rings is 1. The number of likely N-dealkylation sites (tertiary alicyclic amines) is 2. The van der Waals surface area contributed by atoms with Crippen molar-refractivity contribution in [2.75, 3.05) is 45.9 Å². The number of nitrogens with zero attached hydrogens (tertiary/aromatic N) is 4. The highest BCUT2D eigenvalue weighted by Crippen LogP contribution is 2.29. The molecule has 7 nitrogen and oxygen atoms in total. The van der Waals surface area contributed by atoms with Gasteiger partial charge in [0.1, 0.15) is 18.2 Å². The first-order valence-electron chi connectivity index (χ1n) is 13.1. The van der Waals surface area contributed by atoms with Crippen molar-refractivity contribution in [2.45, 2.75) is 63.7 Å². The molecular weight excluding hydrogens is 414 g/mol. The molecule has 7 heteroatoms. The van der Waals surface area contributed by atoms with Gasteiger partial charge in [-0.1, -0.05) is 19.3 Å². The molecule has 1 aromatic carbocycles. The predicted octanol–water partition coefficient (Wildman–Crippen LogP) is 3.79. The minimum absolute atomic E-state index is 0.155. The van der Waals surface area contributed by atoms with E-state index >= 15 is 0 Å². The highest BCUT2D eigenvalue weighted by molar-refractivity contribution is 5.36. The molecule has 1 atom stereocenters. The molecule has 180 valence electrons. The van der Waals surface area contributed by atoms with Crippen molar-refractivity contribution in [1.82, 2.24) is 24.6 Å². The fraction of sp³-hybridized carbons (Fsp3) is 0.692. The molecule has 33 heavy (non-hydrogen) atoms. The van der Waals surface area contributed by atoms with E-state index < -0.39 is 0 Å². The molecule has 3 aliphatic rings. The van der Waals surface area contributed by atoms with Crippen molar-refractivity contribution >= 4 is 0 Å². The lowest BCUT2D eigenvalue weighted by Crippen LogP contribution is -2.38. The Morgan fingerprint density at radius 2 is 1.67 bits per heavy atom. The van der Waals surface area contributed by atoms with Gasteiger partial charge in [0.05, 0.1) is 5.69 Å². The summed E-state index contributed by atoms with van der Waals surface area (Å²) in [5.41, 5.74) is 0.626. The van der Waals surface area contributed by atoms with Crippen molar-refractivity contribution in [1.29, 1.82) is 0 Å².